The predicted molar refractivity (Wildman–Crippen MR) is 91.4 cm³/mol. The number of benzene rings is 1. The van der Waals surface area contributed by atoms with Crippen LogP contribution in [0.25, 0.3) is 0 Å². The standard InChI is InChI=1S/C16H24INO/c1-15(2,3)11-8-7-9-12(16(4,5)6)14(11)18-13(19)10-17/h7-9H,10H2,1-6H3,(H,18,19). The lowest BCUT2D eigenvalue weighted by Gasteiger charge is -2.30. The fraction of sp³-hybridized carbons (Fsp3) is 0.562. The molecule has 3 heteroatoms. The lowest BCUT2D eigenvalue weighted by Crippen LogP contribution is -2.24. The summed E-state index contributed by atoms with van der Waals surface area (Å²) in [6, 6.07) is 6.30. The molecule has 0 spiro atoms. The first-order chi connectivity index (χ1) is 8.57. The summed E-state index contributed by atoms with van der Waals surface area (Å²) in [5.74, 6) is 0.0581. The second-order valence-corrected chi connectivity index (χ2v) is 7.67. The smallest absolute Gasteiger partial charge is 0.234 e. The Balaban J connectivity index is 3.45. The van der Waals surface area contributed by atoms with Crippen LogP contribution in [0.1, 0.15) is 52.7 Å². The lowest BCUT2D eigenvalue weighted by molar-refractivity contribution is -0.113. The largest absolute Gasteiger partial charge is 0.325 e. The van der Waals surface area contributed by atoms with Gasteiger partial charge in [-0.3, -0.25) is 4.79 Å². The van der Waals surface area contributed by atoms with E-state index in [-0.39, 0.29) is 16.7 Å². The zero-order chi connectivity index (χ0) is 14.8. The predicted octanol–water partition coefficient (Wildman–Crippen LogP) is 4.66. The van der Waals surface area contributed by atoms with Crippen LogP contribution in [0.2, 0.25) is 0 Å². The van der Waals surface area contributed by atoms with Gasteiger partial charge in [0.2, 0.25) is 5.91 Å². The monoisotopic (exact) mass is 373 g/mol. The third kappa shape index (κ3) is 4.20. The van der Waals surface area contributed by atoms with E-state index in [9.17, 15) is 4.79 Å². The van der Waals surface area contributed by atoms with Gasteiger partial charge in [0.05, 0.1) is 4.43 Å². The highest BCUT2D eigenvalue weighted by molar-refractivity contribution is 14.1. The Hall–Kier alpha value is -0.580. The summed E-state index contributed by atoms with van der Waals surface area (Å²) in [6.07, 6.45) is 0. The zero-order valence-corrected chi connectivity index (χ0v) is 14.9. The number of rotatable bonds is 2. The average molecular weight is 373 g/mol. The van der Waals surface area contributed by atoms with E-state index < -0.39 is 0 Å². The molecule has 0 heterocycles. The van der Waals surface area contributed by atoms with Crippen molar-refractivity contribution in [3.05, 3.63) is 29.3 Å². The van der Waals surface area contributed by atoms with Crippen molar-refractivity contribution in [1.29, 1.82) is 0 Å². The molecule has 1 N–H and O–H groups in total. The fourth-order valence-electron chi connectivity index (χ4n) is 2.11. The summed E-state index contributed by atoms with van der Waals surface area (Å²) < 4.78 is 0.472. The SMILES string of the molecule is CC(C)(C)c1cccc(C(C)(C)C)c1NC(=O)CI. The summed E-state index contributed by atoms with van der Waals surface area (Å²) in [5.41, 5.74) is 3.39. The summed E-state index contributed by atoms with van der Waals surface area (Å²) in [5, 5.41) is 3.10. The molecule has 0 radical (unpaired) electrons. The van der Waals surface area contributed by atoms with Crippen LogP contribution in [0.4, 0.5) is 5.69 Å². The van der Waals surface area contributed by atoms with E-state index in [0.29, 0.717) is 4.43 Å². The van der Waals surface area contributed by atoms with E-state index in [1.54, 1.807) is 0 Å². The molecule has 2 nitrogen and oxygen atoms in total. The van der Waals surface area contributed by atoms with Crippen LogP contribution < -0.4 is 5.32 Å². The van der Waals surface area contributed by atoms with E-state index in [1.807, 2.05) is 0 Å². The quantitative estimate of drug-likeness (QED) is 0.593. The first kappa shape index (κ1) is 16.5. The van der Waals surface area contributed by atoms with E-state index in [1.165, 1.54) is 11.1 Å². The molecule has 1 aromatic rings. The maximum atomic E-state index is 11.8. The summed E-state index contributed by atoms with van der Waals surface area (Å²) in [6.45, 7) is 13.1. The molecule has 0 aliphatic rings. The van der Waals surface area contributed by atoms with Crippen molar-refractivity contribution in [2.75, 3.05) is 9.74 Å². The molecule has 0 saturated carbocycles. The van der Waals surface area contributed by atoms with Gasteiger partial charge in [-0.05, 0) is 22.0 Å². The van der Waals surface area contributed by atoms with Gasteiger partial charge in [-0.15, -0.1) is 0 Å². The second kappa shape index (κ2) is 5.81. The number of anilines is 1. The van der Waals surface area contributed by atoms with Crippen molar-refractivity contribution in [3.8, 4) is 0 Å². The minimum Gasteiger partial charge on any atom is -0.325 e. The minimum atomic E-state index is 0.00907. The molecule has 1 amide bonds. The van der Waals surface area contributed by atoms with Crippen molar-refractivity contribution < 1.29 is 4.79 Å². The third-order valence-electron chi connectivity index (χ3n) is 3.07. The molecule has 0 bridgehead atoms. The van der Waals surface area contributed by atoms with Crippen molar-refractivity contribution in [2.45, 2.75) is 52.4 Å². The van der Waals surface area contributed by atoms with Crippen LogP contribution in [-0.2, 0) is 15.6 Å². The van der Waals surface area contributed by atoms with Gasteiger partial charge in [0.25, 0.3) is 0 Å². The van der Waals surface area contributed by atoms with E-state index in [2.05, 4.69) is 87.6 Å². The number of amides is 1. The number of nitrogens with one attached hydrogen (secondary N) is 1. The number of halogens is 1. The van der Waals surface area contributed by atoms with Crippen molar-refractivity contribution in [3.63, 3.8) is 0 Å². The first-order valence-corrected chi connectivity index (χ1v) is 8.09. The van der Waals surface area contributed by atoms with Crippen LogP contribution in [0, 0.1) is 0 Å². The molecule has 0 fully saturated rings. The van der Waals surface area contributed by atoms with Crippen LogP contribution in [0.15, 0.2) is 18.2 Å². The maximum Gasteiger partial charge on any atom is 0.234 e. The molecule has 1 aromatic carbocycles. The van der Waals surface area contributed by atoms with Gasteiger partial charge in [0, 0.05) is 5.69 Å². The van der Waals surface area contributed by atoms with E-state index in [4.69, 9.17) is 0 Å². The Bertz CT molecular complexity index is 434. The molecule has 0 aliphatic heterocycles. The van der Waals surface area contributed by atoms with Crippen LogP contribution in [0.3, 0.4) is 0 Å². The number of carbonyl (C=O) groups excluding carboxylic acids is 1. The minimum absolute atomic E-state index is 0.00907. The third-order valence-corrected chi connectivity index (χ3v) is 3.76. The number of carbonyl (C=O) groups is 1. The first-order valence-electron chi connectivity index (χ1n) is 6.57. The normalized spacial score (nSPS) is 12.4. The highest BCUT2D eigenvalue weighted by atomic mass is 127. The van der Waals surface area contributed by atoms with Crippen LogP contribution in [0.5, 0.6) is 0 Å². The van der Waals surface area contributed by atoms with Gasteiger partial charge in [-0.25, -0.2) is 0 Å². The van der Waals surface area contributed by atoms with Crippen LogP contribution in [-0.4, -0.2) is 10.3 Å². The van der Waals surface area contributed by atoms with Gasteiger partial charge in [0.15, 0.2) is 0 Å². The molecule has 0 aromatic heterocycles. The molecule has 0 aliphatic carbocycles. The van der Waals surface area contributed by atoms with Gasteiger partial charge in [0.1, 0.15) is 0 Å². The highest BCUT2D eigenvalue weighted by Gasteiger charge is 2.25. The van der Waals surface area contributed by atoms with E-state index >= 15 is 0 Å². The van der Waals surface area contributed by atoms with Crippen molar-refractivity contribution in [1.82, 2.24) is 0 Å². The Morgan fingerprint density at radius 1 is 1.05 bits per heavy atom. The molecule has 0 saturated heterocycles. The maximum absolute atomic E-state index is 11.8. The molecule has 1 rings (SSSR count). The number of para-hydroxylation sites is 1. The average Bonchev–Trinajstić information content (AvgIpc) is 2.26. The van der Waals surface area contributed by atoms with Gasteiger partial charge in [-0.2, -0.15) is 0 Å². The second-order valence-electron chi connectivity index (χ2n) is 6.91. The van der Waals surface area contributed by atoms with Crippen LogP contribution >= 0.6 is 22.6 Å². The summed E-state index contributed by atoms with van der Waals surface area (Å²) in [4.78, 5) is 11.8. The zero-order valence-electron chi connectivity index (χ0n) is 12.7. The summed E-state index contributed by atoms with van der Waals surface area (Å²) in [7, 11) is 0. The molecule has 0 atom stereocenters. The highest BCUT2D eigenvalue weighted by Crippen LogP contribution is 2.37. The van der Waals surface area contributed by atoms with Gasteiger partial charge in [-0.1, -0.05) is 82.3 Å². The van der Waals surface area contributed by atoms with Crippen molar-refractivity contribution in [2.24, 2.45) is 0 Å². The molecule has 0 unspecified atom stereocenters. The van der Waals surface area contributed by atoms with E-state index in [0.717, 1.165) is 5.69 Å². The molecule has 106 valence electrons. The van der Waals surface area contributed by atoms with Gasteiger partial charge < -0.3 is 5.32 Å². The molecular weight excluding hydrogens is 349 g/mol. The Morgan fingerprint density at radius 2 is 1.47 bits per heavy atom. The number of alkyl halides is 1. The molecular formula is C16H24INO. The number of hydrogen-bond donors (Lipinski definition) is 1. The molecule has 19 heavy (non-hydrogen) atoms. The Kier molecular flexibility index (Phi) is 5.04. The Morgan fingerprint density at radius 3 is 1.79 bits per heavy atom. The van der Waals surface area contributed by atoms with Crippen molar-refractivity contribution >= 4 is 34.2 Å². The Labute approximate surface area is 130 Å². The topological polar surface area (TPSA) is 29.1 Å². The summed E-state index contributed by atoms with van der Waals surface area (Å²) >= 11 is 2.09. The lowest BCUT2D eigenvalue weighted by atomic mass is 9.79. The fourth-order valence-corrected chi connectivity index (χ4v) is 2.30. The number of hydrogen-bond acceptors (Lipinski definition) is 1. The van der Waals surface area contributed by atoms with Gasteiger partial charge >= 0.3 is 0 Å².